The molecule has 94 valence electrons. The monoisotopic (exact) mass is 275 g/mol. The van der Waals surface area contributed by atoms with Crippen molar-refractivity contribution in [2.45, 2.75) is 0 Å². The van der Waals surface area contributed by atoms with Gasteiger partial charge in [-0.1, -0.05) is 0 Å². The molecule has 0 amide bonds. The highest BCUT2D eigenvalue weighted by atomic mass is 35.5. The highest BCUT2D eigenvalue weighted by Gasteiger charge is 2.12. The summed E-state index contributed by atoms with van der Waals surface area (Å²) in [6, 6.07) is 7.52. The van der Waals surface area contributed by atoms with Crippen LogP contribution >= 0.6 is 11.6 Å². The van der Waals surface area contributed by atoms with E-state index in [1.165, 1.54) is 16.8 Å². The van der Waals surface area contributed by atoms with Gasteiger partial charge in [0.05, 0.1) is 0 Å². The van der Waals surface area contributed by atoms with Gasteiger partial charge in [0.2, 0.25) is 5.28 Å². The van der Waals surface area contributed by atoms with E-state index in [2.05, 4.69) is 20.1 Å². The molecule has 0 saturated carbocycles. The van der Waals surface area contributed by atoms with E-state index in [-0.39, 0.29) is 11.1 Å². The molecule has 0 aliphatic rings. The SMILES string of the molecule is Fc1ccc(-c2nc(Cl)n(-c3ncccn3)n2)cc1. The number of rotatable bonds is 2. The summed E-state index contributed by atoms with van der Waals surface area (Å²) in [4.78, 5) is 12.2. The molecule has 0 N–H and O–H groups in total. The molecular weight excluding hydrogens is 269 g/mol. The van der Waals surface area contributed by atoms with Gasteiger partial charge in [0.15, 0.2) is 5.82 Å². The van der Waals surface area contributed by atoms with E-state index in [0.717, 1.165) is 0 Å². The lowest BCUT2D eigenvalue weighted by molar-refractivity contribution is 0.628. The molecule has 0 saturated heterocycles. The Balaban J connectivity index is 2.04. The first-order chi connectivity index (χ1) is 9.24. The van der Waals surface area contributed by atoms with Crippen molar-refractivity contribution < 1.29 is 4.39 Å². The molecule has 0 atom stereocenters. The van der Waals surface area contributed by atoms with Gasteiger partial charge in [-0.3, -0.25) is 0 Å². The summed E-state index contributed by atoms with van der Waals surface area (Å²) in [6.07, 6.45) is 3.16. The molecule has 3 aromatic rings. The van der Waals surface area contributed by atoms with Gasteiger partial charge in [-0.2, -0.15) is 9.67 Å². The van der Waals surface area contributed by atoms with Crippen LogP contribution in [-0.4, -0.2) is 24.7 Å². The minimum Gasteiger partial charge on any atom is -0.220 e. The molecule has 19 heavy (non-hydrogen) atoms. The van der Waals surface area contributed by atoms with Crippen LogP contribution in [0.5, 0.6) is 0 Å². The highest BCUT2D eigenvalue weighted by Crippen LogP contribution is 2.19. The van der Waals surface area contributed by atoms with Crippen molar-refractivity contribution in [1.82, 2.24) is 24.7 Å². The Kier molecular flexibility index (Phi) is 2.92. The summed E-state index contributed by atoms with van der Waals surface area (Å²) >= 11 is 6.00. The van der Waals surface area contributed by atoms with E-state index in [9.17, 15) is 4.39 Å². The Bertz CT molecular complexity index is 696. The fraction of sp³-hybridized carbons (Fsp3) is 0. The van der Waals surface area contributed by atoms with Crippen molar-refractivity contribution in [3.05, 3.63) is 53.8 Å². The van der Waals surface area contributed by atoms with Gasteiger partial charge in [-0.15, -0.1) is 5.10 Å². The predicted octanol–water partition coefficient (Wildman–Crippen LogP) is 2.52. The smallest absolute Gasteiger partial charge is 0.220 e. The van der Waals surface area contributed by atoms with Crippen LogP contribution in [-0.2, 0) is 0 Å². The fourth-order valence-corrected chi connectivity index (χ4v) is 1.74. The van der Waals surface area contributed by atoms with Crippen molar-refractivity contribution in [3.63, 3.8) is 0 Å². The van der Waals surface area contributed by atoms with Crippen LogP contribution in [0.25, 0.3) is 17.3 Å². The topological polar surface area (TPSA) is 56.5 Å². The minimum atomic E-state index is -0.319. The van der Waals surface area contributed by atoms with Crippen LogP contribution in [0.2, 0.25) is 5.28 Å². The molecule has 0 bridgehead atoms. The van der Waals surface area contributed by atoms with Gasteiger partial charge in [0.1, 0.15) is 5.82 Å². The molecule has 7 heteroatoms. The normalized spacial score (nSPS) is 10.6. The third-order valence-electron chi connectivity index (χ3n) is 2.41. The van der Waals surface area contributed by atoms with Crippen molar-refractivity contribution >= 4 is 11.6 Å². The van der Waals surface area contributed by atoms with Crippen molar-refractivity contribution in [1.29, 1.82) is 0 Å². The zero-order chi connectivity index (χ0) is 13.2. The summed E-state index contributed by atoms with van der Waals surface area (Å²) in [5.74, 6) is 0.395. The second-order valence-electron chi connectivity index (χ2n) is 3.67. The molecule has 0 aliphatic heterocycles. The third-order valence-corrected chi connectivity index (χ3v) is 2.66. The van der Waals surface area contributed by atoms with Gasteiger partial charge >= 0.3 is 0 Å². The van der Waals surface area contributed by atoms with Crippen LogP contribution in [0.15, 0.2) is 42.7 Å². The standard InChI is InChI=1S/C12H7ClFN5/c13-11-17-10(8-2-4-9(14)5-3-8)18-19(11)12-15-6-1-7-16-12/h1-7H. The Labute approximate surface area is 112 Å². The molecule has 2 heterocycles. The zero-order valence-electron chi connectivity index (χ0n) is 9.53. The summed E-state index contributed by atoms with van der Waals surface area (Å²) in [5, 5.41) is 4.35. The van der Waals surface area contributed by atoms with Crippen LogP contribution < -0.4 is 0 Å². The molecule has 1 aromatic carbocycles. The largest absolute Gasteiger partial charge is 0.253 e. The predicted molar refractivity (Wildman–Crippen MR) is 67.4 cm³/mol. The molecule has 3 rings (SSSR count). The summed E-state index contributed by atoms with van der Waals surface area (Å²) < 4.78 is 14.2. The van der Waals surface area contributed by atoms with E-state index in [4.69, 9.17) is 11.6 Å². The van der Waals surface area contributed by atoms with Gasteiger partial charge < -0.3 is 0 Å². The second kappa shape index (κ2) is 4.74. The number of nitrogens with zero attached hydrogens (tertiary/aromatic N) is 5. The third kappa shape index (κ3) is 2.30. The first-order valence-electron chi connectivity index (χ1n) is 5.40. The summed E-state index contributed by atoms with van der Waals surface area (Å²) in [7, 11) is 0. The molecule has 0 aliphatic carbocycles. The molecule has 2 aromatic heterocycles. The van der Waals surface area contributed by atoms with Gasteiger partial charge in [0.25, 0.3) is 5.95 Å². The van der Waals surface area contributed by atoms with Crippen LogP contribution in [0.4, 0.5) is 4.39 Å². The van der Waals surface area contributed by atoms with E-state index in [1.54, 1.807) is 30.6 Å². The second-order valence-corrected chi connectivity index (χ2v) is 4.01. The number of hydrogen-bond acceptors (Lipinski definition) is 4. The maximum absolute atomic E-state index is 12.9. The average Bonchev–Trinajstić information content (AvgIpc) is 2.83. The fourth-order valence-electron chi connectivity index (χ4n) is 1.54. The van der Waals surface area contributed by atoms with Gasteiger partial charge in [0, 0.05) is 18.0 Å². The van der Waals surface area contributed by atoms with E-state index in [1.807, 2.05) is 0 Å². The summed E-state index contributed by atoms with van der Waals surface area (Å²) in [5.41, 5.74) is 0.665. The van der Waals surface area contributed by atoms with Crippen molar-refractivity contribution in [2.75, 3.05) is 0 Å². The Morgan fingerprint density at radius 1 is 1.05 bits per heavy atom. The van der Waals surface area contributed by atoms with Crippen molar-refractivity contribution in [3.8, 4) is 17.3 Å². The lowest BCUT2D eigenvalue weighted by Gasteiger charge is -1.97. The number of benzene rings is 1. The number of aromatic nitrogens is 5. The van der Waals surface area contributed by atoms with Crippen molar-refractivity contribution in [2.24, 2.45) is 0 Å². The van der Waals surface area contributed by atoms with Crippen LogP contribution in [0, 0.1) is 5.82 Å². The first-order valence-corrected chi connectivity index (χ1v) is 5.78. The highest BCUT2D eigenvalue weighted by molar-refractivity contribution is 6.28. The summed E-state index contributed by atoms with van der Waals surface area (Å²) in [6.45, 7) is 0. The molecule has 5 nitrogen and oxygen atoms in total. The van der Waals surface area contributed by atoms with E-state index < -0.39 is 0 Å². The molecule has 0 radical (unpaired) electrons. The Hall–Kier alpha value is -2.34. The Morgan fingerprint density at radius 3 is 2.42 bits per heavy atom. The first kappa shape index (κ1) is 11.7. The lowest BCUT2D eigenvalue weighted by Crippen LogP contribution is -2.02. The maximum Gasteiger partial charge on any atom is 0.253 e. The van der Waals surface area contributed by atoms with E-state index >= 15 is 0 Å². The van der Waals surface area contributed by atoms with Crippen LogP contribution in [0.1, 0.15) is 0 Å². The zero-order valence-corrected chi connectivity index (χ0v) is 10.3. The lowest BCUT2D eigenvalue weighted by atomic mass is 10.2. The minimum absolute atomic E-state index is 0.144. The molecule has 0 unspecified atom stereocenters. The molecular formula is C12H7ClFN5. The maximum atomic E-state index is 12.9. The van der Waals surface area contributed by atoms with Gasteiger partial charge in [-0.25, -0.2) is 14.4 Å². The van der Waals surface area contributed by atoms with Crippen LogP contribution in [0.3, 0.4) is 0 Å². The van der Waals surface area contributed by atoms with E-state index in [0.29, 0.717) is 17.3 Å². The average molecular weight is 276 g/mol. The Morgan fingerprint density at radius 2 is 1.74 bits per heavy atom. The molecule has 0 fully saturated rings. The molecule has 0 spiro atoms. The quantitative estimate of drug-likeness (QED) is 0.721. The van der Waals surface area contributed by atoms with Gasteiger partial charge in [-0.05, 0) is 41.9 Å². The number of hydrogen-bond donors (Lipinski definition) is 0. The number of halogens is 2.